The smallest absolute Gasteiger partial charge is 0.191 e. The van der Waals surface area contributed by atoms with E-state index < -0.39 is 0 Å². The summed E-state index contributed by atoms with van der Waals surface area (Å²) in [6.45, 7) is 5.55. The Bertz CT molecular complexity index is 881. The van der Waals surface area contributed by atoms with Gasteiger partial charge in [-0.05, 0) is 61.6 Å². The van der Waals surface area contributed by atoms with Gasteiger partial charge in [0.2, 0.25) is 0 Å². The van der Waals surface area contributed by atoms with Crippen molar-refractivity contribution in [3.63, 3.8) is 0 Å². The largest absolute Gasteiger partial charge is 0.493 e. The molecule has 6 nitrogen and oxygen atoms in total. The van der Waals surface area contributed by atoms with Gasteiger partial charge in [-0.3, -0.25) is 4.99 Å². The summed E-state index contributed by atoms with van der Waals surface area (Å²) in [6.07, 6.45) is 2.56. The molecule has 0 unspecified atom stereocenters. The molecule has 0 bridgehead atoms. The van der Waals surface area contributed by atoms with Crippen LogP contribution in [0.15, 0.2) is 47.5 Å². The molecule has 0 saturated carbocycles. The minimum atomic E-state index is -0.218. The highest BCUT2D eigenvalue weighted by Crippen LogP contribution is 2.35. The van der Waals surface area contributed by atoms with E-state index in [1.807, 2.05) is 30.3 Å². The minimum absolute atomic E-state index is 0.141. The molecule has 1 fully saturated rings. The SMILES string of the molecule is CCNC(=NCC1(c2ccc(F)cc2)CCOCC1)NCCc1ccc(OC)c(OC)c1. The zero-order chi connectivity index (χ0) is 22.8. The third-order valence-electron chi connectivity index (χ3n) is 5.94. The Balaban J connectivity index is 1.67. The van der Waals surface area contributed by atoms with Crippen LogP contribution in [0, 0.1) is 5.82 Å². The Labute approximate surface area is 190 Å². The number of methoxy groups -OCH3 is 2. The van der Waals surface area contributed by atoms with Crippen LogP contribution in [-0.4, -0.2) is 53.0 Å². The van der Waals surface area contributed by atoms with Crippen LogP contribution in [-0.2, 0) is 16.6 Å². The maximum absolute atomic E-state index is 13.5. The molecule has 0 spiro atoms. The van der Waals surface area contributed by atoms with Gasteiger partial charge in [0.05, 0.1) is 20.8 Å². The van der Waals surface area contributed by atoms with Crippen LogP contribution in [0.3, 0.4) is 0 Å². The lowest BCUT2D eigenvalue weighted by molar-refractivity contribution is 0.0531. The van der Waals surface area contributed by atoms with Gasteiger partial charge in [0.25, 0.3) is 0 Å². The van der Waals surface area contributed by atoms with Crippen molar-refractivity contribution in [3.8, 4) is 11.5 Å². The summed E-state index contributed by atoms with van der Waals surface area (Å²) in [6, 6.07) is 12.8. The normalized spacial score (nSPS) is 15.8. The number of guanidine groups is 1. The van der Waals surface area contributed by atoms with Gasteiger partial charge in [0.15, 0.2) is 17.5 Å². The van der Waals surface area contributed by atoms with Gasteiger partial charge in [0.1, 0.15) is 5.82 Å². The van der Waals surface area contributed by atoms with E-state index in [0.29, 0.717) is 19.8 Å². The van der Waals surface area contributed by atoms with Crippen molar-refractivity contribution in [2.75, 3.05) is 47.1 Å². The van der Waals surface area contributed by atoms with Gasteiger partial charge in [0, 0.05) is 31.7 Å². The van der Waals surface area contributed by atoms with E-state index in [-0.39, 0.29) is 11.2 Å². The molecule has 1 aliphatic heterocycles. The van der Waals surface area contributed by atoms with E-state index >= 15 is 0 Å². The van der Waals surface area contributed by atoms with Gasteiger partial charge in [-0.1, -0.05) is 18.2 Å². The topological polar surface area (TPSA) is 64.1 Å². The van der Waals surface area contributed by atoms with Crippen molar-refractivity contribution in [2.45, 2.75) is 31.6 Å². The molecule has 2 N–H and O–H groups in total. The van der Waals surface area contributed by atoms with E-state index in [1.165, 1.54) is 12.1 Å². The Morgan fingerprint density at radius 3 is 2.41 bits per heavy atom. The Morgan fingerprint density at radius 1 is 1.03 bits per heavy atom. The summed E-state index contributed by atoms with van der Waals surface area (Å²) in [5.74, 6) is 2.01. The maximum Gasteiger partial charge on any atom is 0.191 e. The first kappa shape index (κ1) is 23.9. The molecule has 32 heavy (non-hydrogen) atoms. The highest BCUT2D eigenvalue weighted by Gasteiger charge is 2.34. The van der Waals surface area contributed by atoms with Crippen molar-refractivity contribution in [1.29, 1.82) is 0 Å². The fourth-order valence-corrected chi connectivity index (χ4v) is 4.04. The number of ether oxygens (including phenoxy) is 3. The average Bonchev–Trinajstić information content (AvgIpc) is 2.83. The Hall–Kier alpha value is -2.80. The van der Waals surface area contributed by atoms with E-state index in [1.54, 1.807) is 14.2 Å². The number of nitrogens with one attached hydrogen (secondary N) is 2. The van der Waals surface area contributed by atoms with Crippen molar-refractivity contribution >= 4 is 5.96 Å². The van der Waals surface area contributed by atoms with Crippen LogP contribution in [0.2, 0.25) is 0 Å². The average molecular weight is 444 g/mol. The Morgan fingerprint density at radius 2 is 1.75 bits per heavy atom. The van der Waals surface area contributed by atoms with Crippen molar-refractivity contribution in [1.82, 2.24) is 10.6 Å². The number of benzene rings is 2. The Kier molecular flexibility index (Phi) is 8.73. The standard InChI is InChI=1S/C25H34FN3O3/c1-4-27-24(28-14-11-19-5-10-22(30-2)23(17-19)31-3)29-18-25(12-15-32-16-13-25)20-6-8-21(26)9-7-20/h5-10,17H,4,11-16,18H2,1-3H3,(H2,27,28,29). The molecule has 3 rings (SSSR count). The molecular weight excluding hydrogens is 409 g/mol. The van der Waals surface area contributed by atoms with Crippen molar-refractivity contribution in [3.05, 3.63) is 59.4 Å². The monoisotopic (exact) mass is 443 g/mol. The zero-order valence-corrected chi connectivity index (χ0v) is 19.2. The second kappa shape index (κ2) is 11.7. The number of hydrogen-bond donors (Lipinski definition) is 2. The quantitative estimate of drug-likeness (QED) is 0.457. The highest BCUT2D eigenvalue weighted by molar-refractivity contribution is 5.79. The first-order valence-corrected chi connectivity index (χ1v) is 11.2. The van der Waals surface area contributed by atoms with Crippen LogP contribution in [0.5, 0.6) is 11.5 Å². The predicted octanol–water partition coefficient (Wildman–Crippen LogP) is 3.69. The van der Waals surface area contributed by atoms with E-state index in [2.05, 4.69) is 17.6 Å². The summed E-state index contributed by atoms with van der Waals surface area (Å²) in [7, 11) is 3.28. The number of aliphatic imine (C=N–C) groups is 1. The molecule has 1 aliphatic rings. The van der Waals surface area contributed by atoms with Crippen LogP contribution < -0.4 is 20.1 Å². The summed E-state index contributed by atoms with van der Waals surface area (Å²) >= 11 is 0. The number of rotatable bonds is 9. The third-order valence-corrected chi connectivity index (χ3v) is 5.94. The predicted molar refractivity (Wildman–Crippen MR) is 125 cm³/mol. The van der Waals surface area contributed by atoms with Gasteiger partial charge >= 0.3 is 0 Å². The minimum Gasteiger partial charge on any atom is -0.493 e. The molecule has 0 atom stereocenters. The van der Waals surface area contributed by atoms with Crippen molar-refractivity contribution in [2.24, 2.45) is 4.99 Å². The highest BCUT2D eigenvalue weighted by atomic mass is 19.1. The summed E-state index contributed by atoms with van der Waals surface area (Å²) in [5.41, 5.74) is 2.13. The van der Waals surface area contributed by atoms with Gasteiger partial charge in [-0.15, -0.1) is 0 Å². The molecule has 0 aliphatic carbocycles. The molecule has 7 heteroatoms. The first-order chi connectivity index (χ1) is 15.6. The fraction of sp³-hybridized carbons (Fsp3) is 0.480. The lowest BCUT2D eigenvalue weighted by atomic mass is 9.74. The van der Waals surface area contributed by atoms with Crippen LogP contribution in [0.25, 0.3) is 0 Å². The summed E-state index contributed by atoms with van der Waals surface area (Å²) < 4.78 is 29.8. The van der Waals surface area contributed by atoms with E-state index in [0.717, 1.165) is 60.9 Å². The molecular formula is C25H34FN3O3. The second-order valence-electron chi connectivity index (χ2n) is 7.96. The zero-order valence-electron chi connectivity index (χ0n) is 19.2. The molecule has 2 aromatic carbocycles. The lowest BCUT2D eigenvalue weighted by Gasteiger charge is -2.36. The summed E-state index contributed by atoms with van der Waals surface area (Å²) in [5, 5.41) is 6.76. The fourth-order valence-electron chi connectivity index (χ4n) is 4.04. The first-order valence-electron chi connectivity index (χ1n) is 11.2. The van der Waals surface area contributed by atoms with E-state index in [4.69, 9.17) is 19.2 Å². The van der Waals surface area contributed by atoms with Gasteiger partial charge in [-0.25, -0.2) is 4.39 Å². The number of nitrogens with zero attached hydrogens (tertiary/aromatic N) is 1. The molecule has 0 radical (unpaired) electrons. The molecule has 0 amide bonds. The van der Waals surface area contributed by atoms with Crippen LogP contribution in [0.4, 0.5) is 4.39 Å². The van der Waals surface area contributed by atoms with Crippen LogP contribution >= 0.6 is 0 Å². The van der Waals surface area contributed by atoms with Gasteiger partial charge in [-0.2, -0.15) is 0 Å². The molecule has 2 aromatic rings. The molecule has 0 aromatic heterocycles. The van der Waals surface area contributed by atoms with Gasteiger partial charge < -0.3 is 24.8 Å². The summed E-state index contributed by atoms with van der Waals surface area (Å²) in [4.78, 5) is 4.90. The maximum atomic E-state index is 13.5. The molecule has 1 heterocycles. The molecule has 174 valence electrons. The number of hydrogen-bond acceptors (Lipinski definition) is 4. The van der Waals surface area contributed by atoms with Crippen LogP contribution in [0.1, 0.15) is 30.9 Å². The van der Waals surface area contributed by atoms with Crippen molar-refractivity contribution < 1.29 is 18.6 Å². The number of halogens is 1. The lowest BCUT2D eigenvalue weighted by Crippen LogP contribution is -2.41. The second-order valence-corrected chi connectivity index (χ2v) is 7.96. The third kappa shape index (κ3) is 6.13. The molecule has 1 saturated heterocycles. The van der Waals surface area contributed by atoms with E-state index in [9.17, 15) is 4.39 Å².